The number of benzene rings is 1. The van der Waals surface area contributed by atoms with Gasteiger partial charge >= 0.3 is 11.9 Å². The van der Waals surface area contributed by atoms with Crippen molar-refractivity contribution in [3.8, 4) is 17.1 Å². The maximum Gasteiger partial charge on any atom is 0.355 e. The molecule has 5 rings (SSSR count). The topological polar surface area (TPSA) is 146 Å². The van der Waals surface area contributed by atoms with Crippen molar-refractivity contribution < 1.29 is 33.7 Å². The van der Waals surface area contributed by atoms with Crippen molar-refractivity contribution in [1.29, 1.82) is 0 Å². The van der Waals surface area contributed by atoms with Gasteiger partial charge in [-0.05, 0) is 49.6 Å². The fourth-order valence-electron chi connectivity index (χ4n) is 5.36. The first-order valence-electron chi connectivity index (χ1n) is 12.9. The number of carbonyl (C=O) groups is 3. The second-order valence-electron chi connectivity index (χ2n) is 9.43. The molecule has 1 aromatic carbocycles. The van der Waals surface area contributed by atoms with E-state index < -0.39 is 30.0 Å². The Kier molecular flexibility index (Phi) is 6.85. The summed E-state index contributed by atoms with van der Waals surface area (Å²) in [7, 11) is 0. The third-order valence-corrected chi connectivity index (χ3v) is 7.27. The number of aryl methyl sites for hydroxylation is 1. The number of cyclic esters (lactones) is 1. The lowest BCUT2D eigenvalue weighted by atomic mass is 9.85. The fourth-order valence-corrected chi connectivity index (χ4v) is 5.36. The number of ether oxygens (including phenoxy) is 3. The molecule has 11 heteroatoms. The number of phenols is 1. The van der Waals surface area contributed by atoms with E-state index in [9.17, 15) is 24.3 Å². The molecule has 3 aromatic rings. The number of aromatic hydroxyl groups is 1. The van der Waals surface area contributed by atoms with Crippen molar-refractivity contribution in [2.24, 2.45) is 0 Å². The third-order valence-electron chi connectivity index (χ3n) is 7.27. The van der Waals surface area contributed by atoms with Crippen molar-refractivity contribution >= 4 is 28.7 Å². The van der Waals surface area contributed by atoms with E-state index in [1.807, 2.05) is 6.92 Å². The minimum Gasteiger partial charge on any atom is -0.508 e. The minimum atomic E-state index is -1.86. The van der Waals surface area contributed by atoms with Gasteiger partial charge in [0, 0.05) is 23.1 Å². The van der Waals surface area contributed by atoms with Crippen LogP contribution >= 0.6 is 0 Å². The molecular weight excluding hydrogens is 506 g/mol. The molecule has 0 saturated carbocycles. The first kappa shape index (κ1) is 26.4. The molecule has 204 valence electrons. The second-order valence-corrected chi connectivity index (χ2v) is 9.43. The van der Waals surface area contributed by atoms with E-state index in [4.69, 9.17) is 19.2 Å². The molecule has 0 fully saturated rings. The molecule has 0 bridgehead atoms. The lowest BCUT2D eigenvalue weighted by Gasteiger charge is -2.35. The molecule has 1 atom stereocenters. The zero-order valence-corrected chi connectivity index (χ0v) is 22.0. The summed E-state index contributed by atoms with van der Waals surface area (Å²) in [5.41, 5.74) is 1.86. The summed E-state index contributed by atoms with van der Waals surface area (Å²) in [6, 6.07) is 6.63. The lowest BCUT2D eigenvalue weighted by Crippen LogP contribution is -2.48. The second kappa shape index (κ2) is 10.1. The lowest BCUT2D eigenvalue weighted by molar-refractivity contribution is -0.189. The molecular formula is C28H29N3O8. The number of aromatic nitrogens is 2. The quantitative estimate of drug-likeness (QED) is 0.324. The number of fused-ring (bicyclic) bond motifs is 5. The van der Waals surface area contributed by atoms with E-state index in [1.54, 1.807) is 42.7 Å². The van der Waals surface area contributed by atoms with Gasteiger partial charge in [0.15, 0.2) is 0 Å². The molecule has 39 heavy (non-hydrogen) atoms. The zero-order chi connectivity index (χ0) is 27.9. The van der Waals surface area contributed by atoms with Crippen LogP contribution in [0.3, 0.4) is 0 Å². The van der Waals surface area contributed by atoms with Crippen molar-refractivity contribution in [2.75, 3.05) is 19.8 Å². The Morgan fingerprint density at radius 1 is 1.18 bits per heavy atom. The number of amides is 1. The van der Waals surface area contributed by atoms with E-state index in [0.29, 0.717) is 29.9 Å². The Hall–Kier alpha value is -4.25. The third kappa shape index (κ3) is 4.32. The summed E-state index contributed by atoms with van der Waals surface area (Å²) in [5, 5.41) is 13.3. The first-order chi connectivity index (χ1) is 18.7. The predicted octanol–water partition coefficient (Wildman–Crippen LogP) is 2.05. The van der Waals surface area contributed by atoms with Crippen molar-refractivity contribution in [1.82, 2.24) is 14.9 Å². The number of hydrogen-bond donors (Lipinski definition) is 2. The van der Waals surface area contributed by atoms with Crippen LogP contribution in [0.1, 0.15) is 49.4 Å². The Labute approximate surface area is 223 Å². The van der Waals surface area contributed by atoms with E-state index >= 15 is 0 Å². The van der Waals surface area contributed by atoms with Gasteiger partial charge < -0.3 is 29.2 Å². The van der Waals surface area contributed by atoms with Gasteiger partial charge in [0.1, 0.15) is 25.5 Å². The molecule has 11 nitrogen and oxygen atoms in total. The van der Waals surface area contributed by atoms with Gasteiger partial charge in [-0.15, -0.1) is 0 Å². The van der Waals surface area contributed by atoms with Crippen molar-refractivity contribution in [3.05, 3.63) is 56.9 Å². The van der Waals surface area contributed by atoms with Crippen LogP contribution in [0.5, 0.6) is 5.75 Å². The molecule has 1 amide bonds. The first-order valence-corrected chi connectivity index (χ1v) is 12.9. The summed E-state index contributed by atoms with van der Waals surface area (Å²) in [6.45, 7) is 5.06. The highest BCUT2D eigenvalue weighted by Crippen LogP contribution is 2.42. The summed E-state index contributed by atoms with van der Waals surface area (Å²) in [6.07, 6.45) is 0.665. The van der Waals surface area contributed by atoms with E-state index in [2.05, 4.69) is 5.32 Å². The molecule has 0 radical (unpaired) electrons. The highest BCUT2D eigenvalue weighted by Gasteiger charge is 2.50. The SMILES string of the molecule is CCOCC(=O)NCC(=O)OC1(CC)C(=O)OCc2c1cc1n(c2=O)Cc2c-1nc1ccc(O)cc1c2CC. The smallest absolute Gasteiger partial charge is 0.355 e. The van der Waals surface area contributed by atoms with Crippen LogP contribution in [0, 0.1) is 0 Å². The van der Waals surface area contributed by atoms with Gasteiger partial charge in [0.05, 0.1) is 29.0 Å². The van der Waals surface area contributed by atoms with Gasteiger partial charge in [0.2, 0.25) is 11.5 Å². The molecule has 0 aliphatic carbocycles. The van der Waals surface area contributed by atoms with Gasteiger partial charge in [-0.25, -0.2) is 9.78 Å². The normalized spacial score (nSPS) is 17.3. The average Bonchev–Trinajstić information content (AvgIpc) is 3.29. The number of esters is 2. The minimum absolute atomic E-state index is 0.0118. The van der Waals surface area contributed by atoms with Gasteiger partial charge in [-0.2, -0.15) is 0 Å². The summed E-state index contributed by atoms with van der Waals surface area (Å²) >= 11 is 0. The number of nitrogens with one attached hydrogen (secondary N) is 1. The Morgan fingerprint density at radius 2 is 1.97 bits per heavy atom. The number of nitrogens with zero attached hydrogens (tertiary/aromatic N) is 2. The molecule has 1 unspecified atom stereocenters. The van der Waals surface area contributed by atoms with Gasteiger partial charge in [-0.3, -0.25) is 14.4 Å². The Morgan fingerprint density at radius 3 is 2.69 bits per heavy atom. The maximum atomic E-state index is 13.7. The number of hydrogen-bond acceptors (Lipinski definition) is 9. The fraction of sp³-hybridized carbons (Fsp3) is 0.393. The van der Waals surface area contributed by atoms with Gasteiger partial charge in [0.25, 0.3) is 5.56 Å². The molecule has 0 spiro atoms. The summed E-state index contributed by atoms with van der Waals surface area (Å²) in [4.78, 5) is 56.3. The van der Waals surface area contributed by atoms with E-state index in [0.717, 1.165) is 16.5 Å². The Bertz CT molecular complexity index is 1580. The van der Waals surface area contributed by atoms with Crippen LogP contribution in [-0.2, 0) is 53.8 Å². The molecule has 0 saturated heterocycles. The number of phenolic OH excluding ortho intramolecular Hbond substituents is 1. The van der Waals surface area contributed by atoms with Crippen LogP contribution < -0.4 is 10.9 Å². The summed E-state index contributed by atoms with van der Waals surface area (Å²) in [5.74, 6) is -2.02. The largest absolute Gasteiger partial charge is 0.508 e. The molecule has 4 heterocycles. The van der Waals surface area contributed by atoms with Crippen LogP contribution in [0.4, 0.5) is 0 Å². The maximum absolute atomic E-state index is 13.7. The van der Waals surface area contributed by atoms with E-state index in [1.165, 1.54) is 0 Å². The zero-order valence-electron chi connectivity index (χ0n) is 22.0. The molecule has 2 aromatic heterocycles. The monoisotopic (exact) mass is 535 g/mol. The van der Waals surface area contributed by atoms with Crippen molar-refractivity contribution in [2.45, 2.75) is 52.4 Å². The predicted molar refractivity (Wildman–Crippen MR) is 139 cm³/mol. The number of pyridine rings is 2. The standard InChI is InChI=1S/C28H29N3O8/c1-4-16-17-9-15(32)7-8-21(17)30-25-18(16)12-31-22(25)10-20-19(26(31)35)13-38-27(36)28(20,5-2)39-24(34)11-29-23(33)14-37-6-3/h7-10,32H,4-6,11-14H2,1-3H3,(H,29,33). The molecule has 2 aliphatic heterocycles. The Balaban J connectivity index is 1.59. The van der Waals surface area contributed by atoms with Crippen LogP contribution in [0.15, 0.2) is 29.1 Å². The van der Waals surface area contributed by atoms with Crippen LogP contribution in [0.2, 0.25) is 0 Å². The number of rotatable bonds is 8. The van der Waals surface area contributed by atoms with Crippen molar-refractivity contribution in [3.63, 3.8) is 0 Å². The van der Waals surface area contributed by atoms with Crippen LogP contribution in [-0.4, -0.2) is 52.3 Å². The highest BCUT2D eigenvalue weighted by atomic mass is 16.6. The summed E-state index contributed by atoms with van der Waals surface area (Å²) < 4.78 is 17.6. The molecule has 2 aliphatic rings. The number of carbonyl (C=O) groups excluding carboxylic acids is 3. The van der Waals surface area contributed by atoms with Gasteiger partial charge in [-0.1, -0.05) is 13.8 Å². The van der Waals surface area contributed by atoms with Crippen LogP contribution in [0.25, 0.3) is 22.3 Å². The average molecular weight is 536 g/mol. The van der Waals surface area contributed by atoms with E-state index in [-0.39, 0.29) is 48.6 Å². The highest BCUT2D eigenvalue weighted by molar-refractivity contribution is 5.91. The molecule has 2 N–H and O–H groups in total.